The highest BCUT2D eigenvalue weighted by molar-refractivity contribution is 5.77. The van der Waals surface area contributed by atoms with E-state index in [0.717, 1.165) is 74.4 Å². The zero-order chi connectivity index (χ0) is 26.5. The molecule has 6 rings (SSSR count). The van der Waals surface area contributed by atoms with Crippen LogP contribution in [0.25, 0.3) is 22.1 Å². The number of aromatic nitrogens is 5. The third-order valence-electron chi connectivity index (χ3n) is 8.77. The summed E-state index contributed by atoms with van der Waals surface area (Å²) in [7, 11) is 0. The molecule has 38 heavy (non-hydrogen) atoms. The van der Waals surface area contributed by atoms with Crippen molar-refractivity contribution in [2.45, 2.75) is 83.2 Å². The van der Waals surface area contributed by atoms with E-state index in [1.165, 1.54) is 11.1 Å². The Morgan fingerprint density at radius 1 is 1.00 bits per heavy atom. The largest absolute Gasteiger partial charge is 0.381 e. The highest BCUT2D eigenvalue weighted by Gasteiger charge is 2.36. The average molecular weight is 515 g/mol. The van der Waals surface area contributed by atoms with Gasteiger partial charge in [0.05, 0.1) is 24.0 Å². The molecule has 0 bridgehead atoms. The molecule has 202 valence electrons. The van der Waals surface area contributed by atoms with E-state index in [9.17, 15) is 0 Å². The summed E-state index contributed by atoms with van der Waals surface area (Å²) in [5.74, 6) is 1.28. The Bertz CT molecular complexity index is 1420. The molecule has 7 heteroatoms. The van der Waals surface area contributed by atoms with Crippen LogP contribution in [0.1, 0.15) is 83.8 Å². The molecule has 0 radical (unpaired) electrons. The average Bonchev–Trinajstić information content (AvgIpc) is 3.52. The number of nitrogens with one attached hydrogen (secondary N) is 1. The van der Waals surface area contributed by atoms with Crippen molar-refractivity contribution in [2.24, 2.45) is 5.92 Å². The van der Waals surface area contributed by atoms with Crippen molar-refractivity contribution in [3.05, 3.63) is 54.4 Å². The predicted molar refractivity (Wildman–Crippen MR) is 153 cm³/mol. The van der Waals surface area contributed by atoms with E-state index >= 15 is 0 Å². The SMILES string of the molecule is CC(C)(C)c1ccc2ncn(C3CCOCC3CC(C)(C)c3ncc4ccn(C5CCNCC5)c4n3)c2c1. The molecule has 0 spiro atoms. The van der Waals surface area contributed by atoms with Gasteiger partial charge in [-0.15, -0.1) is 0 Å². The highest BCUT2D eigenvalue weighted by Crippen LogP contribution is 2.39. The summed E-state index contributed by atoms with van der Waals surface area (Å²) in [4.78, 5) is 14.9. The zero-order valence-corrected chi connectivity index (χ0v) is 23.6. The number of benzene rings is 1. The molecular weight excluding hydrogens is 472 g/mol. The molecule has 2 atom stereocenters. The molecule has 3 aromatic heterocycles. The number of rotatable bonds is 5. The lowest BCUT2D eigenvalue weighted by atomic mass is 9.78. The molecule has 7 nitrogen and oxygen atoms in total. The van der Waals surface area contributed by atoms with E-state index in [4.69, 9.17) is 19.7 Å². The lowest BCUT2D eigenvalue weighted by Crippen LogP contribution is -2.35. The Morgan fingerprint density at radius 3 is 2.61 bits per heavy atom. The molecule has 0 amide bonds. The maximum absolute atomic E-state index is 6.05. The quantitative estimate of drug-likeness (QED) is 0.356. The van der Waals surface area contributed by atoms with Crippen molar-refractivity contribution in [1.29, 1.82) is 0 Å². The summed E-state index contributed by atoms with van der Waals surface area (Å²) in [6.45, 7) is 15.1. The Hall–Kier alpha value is -2.77. The second kappa shape index (κ2) is 9.76. The van der Waals surface area contributed by atoms with Gasteiger partial charge < -0.3 is 19.2 Å². The van der Waals surface area contributed by atoms with Crippen LogP contribution in [0.3, 0.4) is 0 Å². The maximum Gasteiger partial charge on any atom is 0.143 e. The first-order valence-electron chi connectivity index (χ1n) is 14.3. The summed E-state index contributed by atoms with van der Waals surface area (Å²) < 4.78 is 10.9. The molecule has 5 heterocycles. The molecule has 1 aromatic carbocycles. The number of ether oxygens (including phenoxy) is 1. The fraction of sp³-hybridized carbons (Fsp3) is 0.581. The molecule has 1 N–H and O–H groups in total. The number of hydrogen-bond donors (Lipinski definition) is 1. The van der Waals surface area contributed by atoms with Gasteiger partial charge in [0.1, 0.15) is 11.5 Å². The van der Waals surface area contributed by atoms with Gasteiger partial charge in [-0.1, -0.05) is 40.7 Å². The van der Waals surface area contributed by atoms with Gasteiger partial charge in [-0.3, -0.25) is 0 Å². The van der Waals surface area contributed by atoms with Crippen LogP contribution in [0, 0.1) is 5.92 Å². The normalized spacial score (nSPS) is 21.9. The van der Waals surface area contributed by atoms with Gasteiger partial charge in [-0.05, 0) is 68.0 Å². The minimum Gasteiger partial charge on any atom is -0.381 e. The van der Waals surface area contributed by atoms with E-state index in [-0.39, 0.29) is 10.8 Å². The summed E-state index contributed by atoms with van der Waals surface area (Å²) >= 11 is 0. The molecular formula is C31H42N6O. The Labute approximate surface area is 226 Å². The van der Waals surface area contributed by atoms with Gasteiger partial charge in [-0.2, -0.15) is 0 Å². The van der Waals surface area contributed by atoms with Gasteiger partial charge in [0.25, 0.3) is 0 Å². The van der Waals surface area contributed by atoms with E-state index in [2.05, 4.69) is 79.5 Å². The standard InChI is InChI=1S/C31H42N6O/c1-30(2,3)23-6-7-25-27(16-23)37(20-34-25)26-11-15-38-19-22(26)17-31(4,5)29-33-18-21-10-14-36(28(21)35-29)24-8-12-32-13-9-24/h6-7,10,14,16,18,20,22,24,26,32H,8-9,11-13,15,17,19H2,1-5H3. The first-order valence-corrected chi connectivity index (χ1v) is 14.3. The molecule has 2 fully saturated rings. The van der Waals surface area contributed by atoms with Crippen LogP contribution in [0.15, 0.2) is 43.0 Å². The molecule has 4 aromatic rings. The summed E-state index contributed by atoms with van der Waals surface area (Å²) in [5.41, 5.74) is 4.62. The number of piperidine rings is 1. The van der Waals surface area contributed by atoms with Crippen LogP contribution in [-0.4, -0.2) is 50.4 Å². The van der Waals surface area contributed by atoms with E-state index < -0.39 is 0 Å². The zero-order valence-electron chi connectivity index (χ0n) is 23.6. The summed E-state index contributed by atoms with van der Waals surface area (Å²) in [6.07, 6.45) is 10.5. The van der Waals surface area contributed by atoms with Crippen molar-refractivity contribution >= 4 is 22.1 Å². The second-order valence-electron chi connectivity index (χ2n) is 13.1. The highest BCUT2D eigenvalue weighted by atomic mass is 16.5. The Morgan fingerprint density at radius 2 is 1.82 bits per heavy atom. The van der Waals surface area contributed by atoms with Gasteiger partial charge >= 0.3 is 0 Å². The topological polar surface area (TPSA) is 69.8 Å². The van der Waals surface area contributed by atoms with Crippen LogP contribution in [0.4, 0.5) is 0 Å². The number of fused-ring (bicyclic) bond motifs is 2. The first-order chi connectivity index (χ1) is 18.2. The van der Waals surface area contributed by atoms with Crippen LogP contribution in [0.5, 0.6) is 0 Å². The second-order valence-corrected chi connectivity index (χ2v) is 13.1. The van der Waals surface area contributed by atoms with Crippen molar-refractivity contribution in [1.82, 2.24) is 29.4 Å². The molecule has 2 saturated heterocycles. The minimum atomic E-state index is -0.187. The summed E-state index contributed by atoms with van der Waals surface area (Å²) in [5, 5.41) is 4.60. The van der Waals surface area contributed by atoms with Gasteiger partial charge in [0.2, 0.25) is 0 Å². The molecule has 0 aliphatic carbocycles. The van der Waals surface area contributed by atoms with Crippen LogP contribution >= 0.6 is 0 Å². The van der Waals surface area contributed by atoms with Crippen LogP contribution in [-0.2, 0) is 15.6 Å². The van der Waals surface area contributed by atoms with E-state index in [0.29, 0.717) is 18.0 Å². The Balaban J connectivity index is 1.30. The van der Waals surface area contributed by atoms with Crippen LogP contribution < -0.4 is 5.32 Å². The van der Waals surface area contributed by atoms with E-state index in [1.54, 1.807) is 0 Å². The van der Waals surface area contributed by atoms with Crippen molar-refractivity contribution in [3.63, 3.8) is 0 Å². The van der Waals surface area contributed by atoms with Crippen molar-refractivity contribution < 1.29 is 4.74 Å². The maximum atomic E-state index is 6.05. The monoisotopic (exact) mass is 514 g/mol. The van der Waals surface area contributed by atoms with E-state index in [1.807, 2.05) is 12.5 Å². The molecule has 2 aliphatic rings. The smallest absolute Gasteiger partial charge is 0.143 e. The third-order valence-corrected chi connectivity index (χ3v) is 8.77. The molecule has 0 saturated carbocycles. The summed E-state index contributed by atoms with van der Waals surface area (Å²) in [6, 6.07) is 9.73. The fourth-order valence-corrected chi connectivity index (χ4v) is 6.49. The fourth-order valence-electron chi connectivity index (χ4n) is 6.49. The predicted octanol–water partition coefficient (Wildman–Crippen LogP) is 5.95. The number of imidazole rings is 1. The van der Waals surface area contributed by atoms with Crippen molar-refractivity contribution in [3.8, 4) is 0 Å². The third kappa shape index (κ3) is 4.75. The molecule has 2 aliphatic heterocycles. The number of nitrogens with zero attached hydrogens (tertiary/aromatic N) is 5. The van der Waals surface area contributed by atoms with Gasteiger partial charge in [0.15, 0.2) is 0 Å². The van der Waals surface area contributed by atoms with Gasteiger partial charge in [0, 0.05) is 47.8 Å². The lowest BCUT2D eigenvalue weighted by Gasteiger charge is -2.37. The molecule has 2 unspecified atom stereocenters. The van der Waals surface area contributed by atoms with Gasteiger partial charge in [-0.25, -0.2) is 15.0 Å². The number of hydrogen-bond acceptors (Lipinski definition) is 5. The Kier molecular flexibility index (Phi) is 6.55. The lowest BCUT2D eigenvalue weighted by molar-refractivity contribution is 0.0109. The minimum absolute atomic E-state index is 0.0993. The van der Waals surface area contributed by atoms with Crippen LogP contribution in [0.2, 0.25) is 0 Å². The van der Waals surface area contributed by atoms with Crippen molar-refractivity contribution in [2.75, 3.05) is 26.3 Å². The first kappa shape index (κ1) is 25.5.